The summed E-state index contributed by atoms with van der Waals surface area (Å²) in [6, 6.07) is 8.86. The van der Waals surface area contributed by atoms with Crippen molar-refractivity contribution in [2.75, 3.05) is 26.7 Å². The van der Waals surface area contributed by atoms with Gasteiger partial charge in [-0.05, 0) is 20.9 Å². The number of aryl methyl sites for hydroxylation is 2. The molecule has 2 N–H and O–H groups in total. The van der Waals surface area contributed by atoms with Crippen molar-refractivity contribution in [3.63, 3.8) is 0 Å². The van der Waals surface area contributed by atoms with Crippen LogP contribution in [0, 0.1) is 13.8 Å². The summed E-state index contributed by atoms with van der Waals surface area (Å²) in [5.41, 5.74) is 4.75. The molecule has 1 fully saturated rings. The number of H-pyrrole nitrogens is 1. The average molecular weight is 270 g/mol. The summed E-state index contributed by atoms with van der Waals surface area (Å²) in [6.45, 7) is 7.31. The zero-order chi connectivity index (χ0) is 14.1. The Labute approximate surface area is 120 Å². The normalized spacial score (nSPS) is 20.2. The molecular weight excluding hydrogens is 248 g/mol. The van der Waals surface area contributed by atoms with E-state index in [0.29, 0.717) is 6.04 Å². The predicted octanol–water partition coefficient (Wildman–Crippen LogP) is 2.27. The van der Waals surface area contributed by atoms with E-state index in [1.807, 2.05) is 0 Å². The smallest absolute Gasteiger partial charge is 0.137 e. The van der Waals surface area contributed by atoms with Gasteiger partial charge in [-0.2, -0.15) is 0 Å². The molecule has 2 aromatic rings. The van der Waals surface area contributed by atoms with E-state index in [1.54, 1.807) is 0 Å². The van der Waals surface area contributed by atoms with Gasteiger partial charge in [0.1, 0.15) is 5.82 Å². The number of nitrogens with one attached hydrogen (secondary N) is 2. The Hall–Kier alpha value is -1.65. The first kappa shape index (κ1) is 13.3. The van der Waals surface area contributed by atoms with E-state index in [0.717, 1.165) is 36.7 Å². The van der Waals surface area contributed by atoms with Gasteiger partial charge in [-0.15, -0.1) is 0 Å². The van der Waals surface area contributed by atoms with Crippen molar-refractivity contribution in [3.8, 4) is 11.4 Å². The van der Waals surface area contributed by atoms with Crippen LogP contribution in [0.3, 0.4) is 0 Å². The second kappa shape index (κ2) is 5.38. The first-order chi connectivity index (χ1) is 9.65. The minimum atomic E-state index is 0.360. The van der Waals surface area contributed by atoms with Gasteiger partial charge in [0.25, 0.3) is 0 Å². The van der Waals surface area contributed by atoms with Crippen molar-refractivity contribution in [2.24, 2.45) is 0 Å². The molecule has 3 rings (SSSR count). The van der Waals surface area contributed by atoms with Crippen LogP contribution in [0.4, 0.5) is 0 Å². The minimum absolute atomic E-state index is 0.360. The molecule has 1 aromatic carbocycles. The molecule has 4 heteroatoms. The molecule has 20 heavy (non-hydrogen) atoms. The Bertz CT molecular complexity index is 585. The Morgan fingerprint density at radius 2 is 1.95 bits per heavy atom. The number of nitrogens with zero attached hydrogens (tertiary/aromatic N) is 2. The maximum absolute atomic E-state index is 4.85. The monoisotopic (exact) mass is 270 g/mol. The van der Waals surface area contributed by atoms with Gasteiger partial charge in [0.15, 0.2) is 0 Å². The largest absolute Gasteiger partial charge is 0.342 e. The Balaban J connectivity index is 1.92. The quantitative estimate of drug-likeness (QED) is 0.880. The van der Waals surface area contributed by atoms with Gasteiger partial charge in [0.2, 0.25) is 0 Å². The van der Waals surface area contributed by atoms with Crippen LogP contribution in [0.15, 0.2) is 24.3 Å². The third-order valence-corrected chi connectivity index (χ3v) is 4.07. The van der Waals surface area contributed by atoms with Crippen molar-refractivity contribution in [2.45, 2.75) is 19.9 Å². The Morgan fingerprint density at radius 1 is 1.20 bits per heavy atom. The number of aromatic amines is 1. The molecule has 0 amide bonds. The molecule has 0 saturated carbocycles. The summed E-state index contributed by atoms with van der Waals surface area (Å²) in [6.07, 6.45) is 0. The van der Waals surface area contributed by atoms with E-state index in [9.17, 15) is 0 Å². The number of piperazine rings is 1. The van der Waals surface area contributed by atoms with Crippen LogP contribution < -0.4 is 5.32 Å². The number of imidazole rings is 1. The molecule has 1 saturated heterocycles. The van der Waals surface area contributed by atoms with Crippen molar-refractivity contribution in [3.05, 3.63) is 41.2 Å². The van der Waals surface area contributed by atoms with Gasteiger partial charge >= 0.3 is 0 Å². The highest BCUT2D eigenvalue weighted by Gasteiger charge is 2.24. The van der Waals surface area contributed by atoms with Crippen molar-refractivity contribution >= 4 is 0 Å². The standard InChI is InChI=1S/C16H22N4/c1-11-4-6-13(7-5-11)16-18-12(2)15(19-16)14-10-17-8-9-20(14)3/h4-7,14,17H,8-10H2,1-3H3,(H,18,19). The lowest BCUT2D eigenvalue weighted by Gasteiger charge is -2.32. The molecule has 2 heterocycles. The third-order valence-electron chi connectivity index (χ3n) is 4.07. The molecule has 1 aliphatic rings. The second-order valence-electron chi connectivity index (χ2n) is 5.66. The molecule has 0 bridgehead atoms. The van der Waals surface area contributed by atoms with Crippen molar-refractivity contribution in [1.29, 1.82) is 0 Å². The lowest BCUT2D eigenvalue weighted by Crippen LogP contribution is -2.44. The fraction of sp³-hybridized carbons (Fsp3) is 0.438. The Kier molecular flexibility index (Phi) is 3.59. The maximum Gasteiger partial charge on any atom is 0.137 e. The van der Waals surface area contributed by atoms with Crippen LogP contribution in [0.25, 0.3) is 11.4 Å². The summed E-state index contributed by atoms with van der Waals surface area (Å²) in [4.78, 5) is 10.7. The van der Waals surface area contributed by atoms with Crippen LogP contribution in [0.1, 0.15) is 23.0 Å². The third kappa shape index (κ3) is 2.49. The molecule has 0 radical (unpaired) electrons. The molecule has 0 spiro atoms. The first-order valence-corrected chi connectivity index (χ1v) is 7.19. The van der Waals surface area contributed by atoms with Crippen molar-refractivity contribution in [1.82, 2.24) is 20.2 Å². The van der Waals surface area contributed by atoms with E-state index < -0.39 is 0 Å². The van der Waals surface area contributed by atoms with E-state index in [2.05, 4.69) is 60.4 Å². The molecule has 1 atom stereocenters. The zero-order valence-electron chi connectivity index (χ0n) is 12.4. The van der Waals surface area contributed by atoms with Crippen molar-refractivity contribution < 1.29 is 0 Å². The van der Waals surface area contributed by atoms with E-state index >= 15 is 0 Å². The lowest BCUT2D eigenvalue weighted by molar-refractivity contribution is 0.198. The first-order valence-electron chi connectivity index (χ1n) is 7.19. The molecular formula is C16H22N4. The minimum Gasteiger partial charge on any atom is -0.342 e. The topological polar surface area (TPSA) is 44.0 Å². The van der Waals surface area contributed by atoms with E-state index in [-0.39, 0.29) is 0 Å². The fourth-order valence-corrected chi connectivity index (χ4v) is 2.76. The van der Waals surface area contributed by atoms with E-state index in [4.69, 9.17) is 4.98 Å². The van der Waals surface area contributed by atoms with Gasteiger partial charge in [-0.25, -0.2) is 4.98 Å². The molecule has 1 aliphatic heterocycles. The molecule has 1 aromatic heterocycles. The number of rotatable bonds is 2. The summed E-state index contributed by atoms with van der Waals surface area (Å²) in [7, 11) is 2.17. The summed E-state index contributed by atoms with van der Waals surface area (Å²) in [5, 5.41) is 3.45. The van der Waals surface area contributed by atoms with Crippen LogP contribution in [-0.2, 0) is 0 Å². The fourth-order valence-electron chi connectivity index (χ4n) is 2.76. The average Bonchev–Trinajstić information content (AvgIpc) is 2.82. The number of likely N-dealkylation sites (N-methyl/N-ethyl adjacent to an activating group) is 1. The predicted molar refractivity (Wildman–Crippen MR) is 81.7 cm³/mol. The van der Waals surface area contributed by atoms with Gasteiger partial charge in [0, 0.05) is 30.9 Å². The van der Waals surface area contributed by atoms with Gasteiger partial charge in [-0.3, -0.25) is 4.90 Å². The number of hydrogen-bond acceptors (Lipinski definition) is 3. The van der Waals surface area contributed by atoms with Crippen LogP contribution in [0.5, 0.6) is 0 Å². The number of benzene rings is 1. The molecule has 106 valence electrons. The lowest BCUT2D eigenvalue weighted by atomic mass is 10.1. The van der Waals surface area contributed by atoms with Crippen LogP contribution >= 0.6 is 0 Å². The van der Waals surface area contributed by atoms with E-state index in [1.165, 1.54) is 11.3 Å². The van der Waals surface area contributed by atoms with Crippen LogP contribution in [-0.4, -0.2) is 41.5 Å². The maximum atomic E-state index is 4.85. The highest BCUT2D eigenvalue weighted by Crippen LogP contribution is 2.25. The second-order valence-corrected chi connectivity index (χ2v) is 5.66. The SMILES string of the molecule is Cc1ccc(-c2nc(C3CNCCN3C)c(C)[nH]2)cc1. The van der Waals surface area contributed by atoms with Gasteiger partial charge < -0.3 is 10.3 Å². The summed E-state index contributed by atoms with van der Waals surface area (Å²) in [5.74, 6) is 0.969. The molecule has 0 aliphatic carbocycles. The summed E-state index contributed by atoms with van der Waals surface area (Å²) >= 11 is 0. The molecule has 4 nitrogen and oxygen atoms in total. The van der Waals surface area contributed by atoms with Crippen LogP contribution in [0.2, 0.25) is 0 Å². The van der Waals surface area contributed by atoms with Gasteiger partial charge in [0.05, 0.1) is 11.7 Å². The highest BCUT2D eigenvalue weighted by molar-refractivity contribution is 5.56. The number of aromatic nitrogens is 2. The zero-order valence-corrected chi connectivity index (χ0v) is 12.4. The number of hydrogen-bond donors (Lipinski definition) is 2. The Morgan fingerprint density at radius 3 is 2.65 bits per heavy atom. The highest BCUT2D eigenvalue weighted by atomic mass is 15.2. The summed E-state index contributed by atoms with van der Waals surface area (Å²) < 4.78 is 0. The molecule has 1 unspecified atom stereocenters. The van der Waals surface area contributed by atoms with Gasteiger partial charge in [-0.1, -0.05) is 29.8 Å².